The van der Waals surface area contributed by atoms with Crippen molar-refractivity contribution in [1.29, 1.82) is 0 Å². The molecule has 0 aliphatic rings. The van der Waals surface area contributed by atoms with Gasteiger partial charge >= 0.3 is 0 Å². The minimum absolute atomic E-state index is 0.443. The summed E-state index contributed by atoms with van der Waals surface area (Å²) in [5, 5.41) is 4.07. The van der Waals surface area contributed by atoms with Crippen LogP contribution in [-0.4, -0.2) is 22.2 Å². The molecule has 0 atom stereocenters. The van der Waals surface area contributed by atoms with Crippen LogP contribution in [0.3, 0.4) is 0 Å². The van der Waals surface area contributed by atoms with Gasteiger partial charge in [-0.1, -0.05) is 18.1 Å². The predicted octanol–water partition coefficient (Wildman–Crippen LogP) is 4.12. The summed E-state index contributed by atoms with van der Waals surface area (Å²) < 4.78 is 16.2. The molecule has 120 valence electrons. The summed E-state index contributed by atoms with van der Waals surface area (Å²) in [6.45, 7) is 2.01. The van der Waals surface area contributed by atoms with Crippen molar-refractivity contribution in [3.63, 3.8) is 0 Å². The Kier molecular flexibility index (Phi) is 3.49. The molecule has 0 unspecified atom stereocenters. The summed E-state index contributed by atoms with van der Waals surface area (Å²) >= 11 is 0. The van der Waals surface area contributed by atoms with Gasteiger partial charge in [0.15, 0.2) is 11.5 Å². The maximum Gasteiger partial charge on any atom is 0.258 e. The van der Waals surface area contributed by atoms with Gasteiger partial charge in [-0.05, 0) is 36.4 Å². The Labute approximate surface area is 138 Å². The molecule has 0 saturated heterocycles. The highest BCUT2D eigenvalue weighted by Crippen LogP contribution is 2.27. The van der Waals surface area contributed by atoms with E-state index < -0.39 is 0 Å². The molecular weight excluding hydrogens is 306 g/mol. The maximum atomic E-state index is 5.62. The molecule has 0 radical (unpaired) electrons. The van der Waals surface area contributed by atoms with E-state index in [1.165, 1.54) is 0 Å². The average molecular weight is 321 g/mol. The molecule has 2 aromatic carbocycles. The van der Waals surface area contributed by atoms with Gasteiger partial charge in [-0.2, -0.15) is 4.98 Å². The monoisotopic (exact) mass is 321 g/mol. The molecule has 0 spiro atoms. The minimum Gasteiger partial charge on any atom is -0.497 e. The lowest BCUT2D eigenvalue weighted by Crippen LogP contribution is -1.84. The van der Waals surface area contributed by atoms with Gasteiger partial charge in [0.1, 0.15) is 11.3 Å². The number of methoxy groups -OCH3 is 1. The van der Waals surface area contributed by atoms with Crippen LogP contribution in [-0.2, 0) is 6.42 Å². The third kappa shape index (κ3) is 2.52. The lowest BCUT2D eigenvalue weighted by molar-refractivity contribution is 0.413. The number of ether oxygens (including phenoxy) is 1. The van der Waals surface area contributed by atoms with E-state index in [4.69, 9.17) is 13.7 Å². The summed E-state index contributed by atoms with van der Waals surface area (Å²) in [4.78, 5) is 8.90. The molecule has 0 aliphatic heterocycles. The van der Waals surface area contributed by atoms with E-state index in [1.807, 2.05) is 49.4 Å². The second kappa shape index (κ2) is 5.81. The van der Waals surface area contributed by atoms with Gasteiger partial charge in [0.25, 0.3) is 5.89 Å². The van der Waals surface area contributed by atoms with Gasteiger partial charge in [-0.3, -0.25) is 0 Å². The Hall–Kier alpha value is -3.15. The van der Waals surface area contributed by atoms with Crippen molar-refractivity contribution >= 4 is 11.1 Å². The van der Waals surface area contributed by atoms with Crippen molar-refractivity contribution < 1.29 is 13.7 Å². The first-order valence-corrected chi connectivity index (χ1v) is 7.65. The number of oxazole rings is 1. The molecule has 0 bridgehead atoms. The van der Waals surface area contributed by atoms with Crippen LogP contribution in [0.2, 0.25) is 0 Å². The third-order valence-corrected chi connectivity index (χ3v) is 3.74. The Morgan fingerprint density at radius 2 is 1.96 bits per heavy atom. The van der Waals surface area contributed by atoms with Crippen molar-refractivity contribution in [1.82, 2.24) is 15.1 Å². The first kappa shape index (κ1) is 14.4. The van der Waals surface area contributed by atoms with Crippen LogP contribution in [0.1, 0.15) is 12.8 Å². The quantitative estimate of drug-likeness (QED) is 0.563. The van der Waals surface area contributed by atoms with Crippen LogP contribution >= 0.6 is 0 Å². The third-order valence-electron chi connectivity index (χ3n) is 3.74. The van der Waals surface area contributed by atoms with Gasteiger partial charge in [0.05, 0.1) is 7.11 Å². The van der Waals surface area contributed by atoms with Crippen LogP contribution in [0, 0.1) is 0 Å². The molecule has 24 heavy (non-hydrogen) atoms. The van der Waals surface area contributed by atoms with Crippen molar-refractivity contribution in [3.05, 3.63) is 48.4 Å². The number of hydrogen-bond donors (Lipinski definition) is 0. The zero-order valence-electron chi connectivity index (χ0n) is 13.3. The molecule has 2 heterocycles. The summed E-state index contributed by atoms with van der Waals surface area (Å²) in [6.07, 6.45) is 0.756. The summed E-state index contributed by atoms with van der Waals surface area (Å²) in [7, 11) is 1.62. The summed E-state index contributed by atoms with van der Waals surface area (Å²) in [6, 6.07) is 13.2. The Morgan fingerprint density at radius 1 is 1.04 bits per heavy atom. The number of nitrogens with zero attached hydrogens (tertiary/aromatic N) is 3. The Balaban J connectivity index is 1.71. The number of aryl methyl sites for hydroxylation is 1. The normalized spacial score (nSPS) is 11.1. The van der Waals surface area contributed by atoms with E-state index in [1.54, 1.807) is 7.11 Å². The van der Waals surface area contributed by atoms with E-state index in [0.717, 1.165) is 34.4 Å². The fourth-order valence-corrected chi connectivity index (χ4v) is 2.48. The van der Waals surface area contributed by atoms with Crippen molar-refractivity contribution in [3.8, 4) is 28.6 Å². The molecule has 2 aromatic heterocycles. The Bertz CT molecular complexity index is 1000. The SMILES string of the molecule is CCc1nc2cc(-c3noc(-c4cccc(OC)c4)n3)ccc2o1. The van der Waals surface area contributed by atoms with Gasteiger partial charge < -0.3 is 13.7 Å². The summed E-state index contributed by atoms with van der Waals surface area (Å²) in [5.41, 5.74) is 3.18. The van der Waals surface area contributed by atoms with Crippen molar-refractivity contribution in [2.24, 2.45) is 0 Å². The van der Waals surface area contributed by atoms with Gasteiger partial charge in [-0.25, -0.2) is 4.98 Å². The van der Waals surface area contributed by atoms with Crippen LogP contribution in [0.25, 0.3) is 33.9 Å². The molecule has 4 rings (SSSR count). The maximum absolute atomic E-state index is 5.62. The molecule has 0 aliphatic carbocycles. The molecule has 0 N–H and O–H groups in total. The summed E-state index contributed by atoms with van der Waals surface area (Å²) in [5.74, 6) is 2.41. The van der Waals surface area contributed by atoms with E-state index in [0.29, 0.717) is 17.6 Å². The lowest BCUT2D eigenvalue weighted by atomic mass is 10.2. The number of aromatic nitrogens is 3. The molecule has 0 fully saturated rings. The zero-order chi connectivity index (χ0) is 16.5. The first-order chi connectivity index (χ1) is 11.8. The molecule has 0 saturated carbocycles. The molecule has 6 heteroatoms. The molecule has 0 amide bonds. The number of rotatable bonds is 4. The standard InChI is InChI=1S/C18H15N3O3/c1-3-16-19-14-10-11(7-8-15(14)23-16)17-20-18(24-21-17)12-5-4-6-13(9-12)22-2/h4-10H,3H2,1-2H3. The van der Waals surface area contributed by atoms with Crippen molar-refractivity contribution in [2.75, 3.05) is 7.11 Å². The van der Waals surface area contributed by atoms with Gasteiger partial charge in [0.2, 0.25) is 5.82 Å². The zero-order valence-corrected chi connectivity index (χ0v) is 13.3. The van der Waals surface area contributed by atoms with Crippen LogP contribution in [0.5, 0.6) is 5.75 Å². The topological polar surface area (TPSA) is 74.2 Å². The lowest BCUT2D eigenvalue weighted by Gasteiger charge is -1.99. The van der Waals surface area contributed by atoms with E-state index in [2.05, 4.69) is 15.1 Å². The van der Waals surface area contributed by atoms with E-state index in [-0.39, 0.29) is 0 Å². The van der Waals surface area contributed by atoms with Crippen LogP contribution < -0.4 is 4.74 Å². The average Bonchev–Trinajstić information content (AvgIpc) is 3.27. The van der Waals surface area contributed by atoms with E-state index in [9.17, 15) is 0 Å². The Morgan fingerprint density at radius 3 is 2.79 bits per heavy atom. The van der Waals surface area contributed by atoms with Crippen molar-refractivity contribution in [2.45, 2.75) is 13.3 Å². The highest BCUT2D eigenvalue weighted by atomic mass is 16.5. The number of hydrogen-bond acceptors (Lipinski definition) is 6. The van der Waals surface area contributed by atoms with Gasteiger partial charge in [0, 0.05) is 17.5 Å². The second-order valence-corrected chi connectivity index (χ2v) is 5.30. The highest BCUT2D eigenvalue weighted by Gasteiger charge is 2.13. The second-order valence-electron chi connectivity index (χ2n) is 5.30. The molecular formula is C18H15N3O3. The number of benzene rings is 2. The molecule has 6 nitrogen and oxygen atoms in total. The smallest absolute Gasteiger partial charge is 0.258 e. The fourth-order valence-electron chi connectivity index (χ4n) is 2.48. The van der Waals surface area contributed by atoms with Gasteiger partial charge in [-0.15, -0.1) is 0 Å². The first-order valence-electron chi connectivity index (χ1n) is 7.65. The predicted molar refractivity (Wildman–Crippen MR) is 88.7 cm³/mol. The van der Waals surface area contributed by atoms with E-state index >= 15 is 0 Å². The van der Waals surface area contributed by atoms with Crippen LogP contribution in [0.15, 0.2) is 51.4 Å². The highest BCUT2D eigenvalue weighted by molar-refractivity contribution is 5.78. The number of fused-ring (bicyclic) bond motifs is 1. The largest absolute Gasteiger partial charge is 0.497 e. The minimum atomic E-state index is 0.443. The molecule has 4 aromatic rings. The fraction of sp³-hybridized carbons (Fsp3) is 0.167. The van der Waals surface area contributed by atoms with Crippen LogP contribution in [0.4, 0.5) is 0 Å².